The van der Waals surface area contributed by atoms with Gasteiger partial charge in [0.2, 0.25) is 0 Å². The van der Waals surface area contributed by atoms with E-state index in [9.17, 15) is 9.90 Å². The summed E-state index contributed by atoms with van der Waals surface area (Å²) in [6, 6.07) is 9.35. The Kier molecular flexibility index (Phi) is 5.45. The first-order valence-corrected chi connectivity index (χ1v) is 6.58. The number of carbonyl (C=O) groups excluding carboxylic acids is 1. The fraction of sp³-hybridized carbons (Fsp3) is 0.308. The van der Waals surface area contributed by atoms with E-state index in [4.69, 9.17) is 4.74 Å². The third-order valence-electron chi connectivity index (χ3n) is 1.95. The second kappa shape index (κ2) is 6.62. The maximum atomic E-state index is 10.7. The molecule has 0 spiro atoms. The molecule has 1 aromatic carbocycles. The molecule has 4 heteroatoms. The molecule has 1 rings (SSSR count). The lowest BCUT2D eigenvalue weighted by Gasteiger charge is -2.18. The first-order chi connectivity index (χ1) is 8.06. The van der Waals surface area contributed by atoms with Gasteiger partial charge in [0, 0.05) is 16.9 Å². The molecule has 1 atom stereocenters. The molecule has 0 fully saturated rings. The van der Waals surface area contributed by atoms with Crippen LogP contribution in [-0.2, 0) is 9.53 Å². The SMILES string of the molecule is CC(=O)OC[C@](O)(C#Cc1ccccc1)CI. The van der Waals surface area contributed by atoms with Crippen LogP contribution in [0.4, 0.5) is 0 Å². The highest BCUT2D eigenvalue weighted by molar-refractivity contribution is 14.1. The number of benzene rings is 1. The van der Waals surface area contributed by atoms with Crippen LogP contribution < -0.4 is 0 Å². The Bertz CT molecular complexity index is 433. The van der Waals surface area contributed by atoms with Crippen LogP contribution in [0.25, 0.3) is 0 Å². The van der Waals surface area contributed by atoms with Crippen molar-refractivity contribution in [1.82, 2.24) is 0 Å². The Balaban J connectivity index is 2.75. The van der Waals surface area contributed by atoms with Crippen molar-refractivity contribution in [3.63, 3.8) is 0 Å². The van der Waals surface area contributed by atoms with Gasteiger partial charge in [0.05, 0.1) is 0 Å². The first kappa shape index (κ1) is 14.0. The number of carbonyl (C=O) groups is 1. The standard InChI is InChI=1S/C13H13IO3/c1-11(15)17-10-13(16,9-14)8-7-12-5-3-2-4-6-12/h2-6,16H,9-10H2,1H3/t13-/m0/s1. The monoisotopic (exact) mass is 344 g/mol. The summed E-state index contributed by atoms with van der Waals surface area (Å²) in [5, 5.41) is 10.1. The third kappa shape index (κ3) is 5.20. The number of rotatable bonds is 3. The fourth-order valence-electron chi connectivity index (χ4n) is 1.04. The number of hydrogen-bond donors (Lipinski definition) is 1. The van der Waals surface area contributed by atoms with Gasteiger partial charge in [0.1, 0.15) is 6.61 Å². The van der Waals surface area contributed by atoms with Crippen molar-refractivity contribution in [2.24, 2.45) is 0 Å². The summed E-state index contributed by atoms with van der Waals surface area (Å²) in [5.74, 6) is 5.18. The Hall–Kier alpha value is -1.06. The Morgan fingerprint density at radius 1 is 1.47 bits per heavy atom. The van der Waals surface area contributed by atoms with Crippen molar-refractivity contribution in [1.29, 1.82) is 0 Å². The van der Waals surface area contributed by atoms with Gasteiger partial charge >= 0.3 is 5.97 Å². The van der Waals surface area contributed by atoms with E-state index in [0.29, 0.717) is 4.43 Å². The minimum Gasteiger partial charge on any atom is -0.462 e. The molecule has 90 valence electrons. The van der Waals surface area contributed by atoms with Gasteiger partial charge < -0.3 is 9.84 Å². The minimum atomic E-state index is -1.29. The van der Waals surface area contributed by atoms with Crippen LogP contribution in [0.5, 0.6) is 0 Å². The van der Waals surface area contributed by atoms with Crippen LogP contribution in [0.2, 0.25) is 0 Å². The smallest absolute Gasteiger partial charge is 0.302 e. The van der Waals surface area contributed by atoms with E-state index in [1.165, 1.54) is 6.92 Å². The molecule has 3 nitrogen and oxygen atoms in total. The average Bonchev–Trinajstić information content (AvgIpc) is 2.35. The number of aliphatic hydroxyl groups is 1. The molecule has 0 unspecified atom stereocenters. The maximum Gasteiger partial charge on any atom is 0.302 e. The van der Waals surface area contributed by atoms with Crippen LogP contribution in [0.3, 0.4) is 0 Å². The Morgan fingerprint density at radius 2 is 2.12 bits per heavy atom. The van der Waals surface area contributed by atoms with Gasteiger partial charge in [-0.25, -0.2) is 0 Å². The van der Waals surface area contributed by atoms with Crippen molar-refractivity contribution in [3.05, 3.63) is 35.9 Å². The number of esters is 1. The molecule has 0 aliphatic heterocycles. The van der Waals surface area contributed by atoms with Crippen molar-refractivity contribution in [2.75, 3.05) is 11.0 Å². The Morgan fingerprint density at radius 3 is 2.65 bits per heavy atom. The van der Waals surface area contributed by atoms with Crippen LogP contribution in [0, 0.1) is 11.8 Å². The van der Waals surface area contributed by atoms with Gasteiger partial charge in [-0.2, -0.15) is 0 Å². The highest BCUT2D eigenvalue weighted by atomic mass is 127. The molecular formula is C13H13IO3. The van der Waals surface area contributed by atoms with E-state index in [1.54, 1.807) is 0 Å². The normalized spacial score (nSPS) is 13.1. The van der Waals surface area contributed by atoms with Crippen LogP contribution in [0.1, 0.15) is 12.5 Å². The third-order valence-corrected chi connectivity index (χ3v) is 3.21. The molecule has 0 aromatic heterocycles. The summed E-state index contributed by atoms with van der Waals surface area (Å²) < 4.78 is 5.16. The zero-order valence-corrected chi connectivity index (χ0v) is 11.6. The number of hydrogen-bond acceptors (Lipinski definition) is 3. The predicted octanol–water partition coefficient (Wildman–Crippen LogP) is 1.77. The molecular weight excluding hydrogens is 331 g/mol. The molecule has 17 heavy (non-hydrogen) atoms. The molecule has 1 N–H and O–H groups in total. The Labute approximate surface area is 114 Å². The molecule has 0 radical (unpaired) electrons. The molecule has 1 aromatic rings. The van der Waals surface area contributed by atoms with Crippen LogP contribution in [-0.4, -0.2) is 27.7 Å². The predicted molar refractivity (Wildman–Crippen MR) is 73.8 cm³/mol. The molecule has 0 heterocycles. The van der Waals surface area contributed by atoms with E-state index < -0.39 is 11.6 Å². The van der Waals surface area contributed by atoms with E-state index in [1.807, 2.05) is 52.9 Å². The summed E-state index contributed by atoms with van der Waals surface area (Å²) >= 11 is 2.01. The highest BCUT2D eigenvalue weighted by Gasteiger charge is 2.24. The minimum absolute atomic E-state index is 0.106. The molecule has 0 aliphatic rings. The lowest BCUT2D eigenvalue weighted by Crippen LogP contribution is -2.35. The molecule has 0 aliphatic carbocycles. The van der Waals surface area contributed by atoms with Crippen molar-refractivity contribution in [2.45, 2.75) is 12.5 Å². The largest absolute Gasteiger partial charge is 0.462 e. The van der Waals surface area contributed by atoms with Gasteiger partial charge in [0.25, 0.3) is 0 Å². The van der Waals surface area contributed by atoms with E-state index in [-0.39, 0.29) is 6.61 Å². The second-order valence-corrected chi connectivity index (χ2v) is 4.32. The average molecular weight is 344 g/mol. The summed E-state index contributed by atoms with van der Waals surface area (Å²) in [5.41, 5.74) is -0.471. The number of alkyl halides is 1. The number of halogens is 1. The summed E-state index contributed by atoms with van der Waals surface area (Å²) in [6.07, 6.45) is 0. The zero-order valence-electron chi connectivity index (χ0n) is 9.44. The van der Waals surface area contributed by atoms with Crippen molar-refractivity contribution in [3.8, 4) is 11.8 Å². The quantitative estimate of drug-likeness (QED) is 0.394. The van der Waals surface area contributed by atoms with Gasteiger partial charge in [-0.3, -0.25) is 4.79 Å². The fourth-order valence-corrected chi connectivity index (χ4v) is 1.45. The van der Waals surface area contributed by atoms with Crippen LogP contribution in [0.15, 0.2) is 30.3 Å². The maximum absolute atomic E-state index is 10.7. The lowest BCUT2D eigenvalue weighted by molar-refractivity contribution is -0.145. The molecule has 0 amide bonds. The molecule has 0 bridgehead atoms. The van der Waals surface area contributed by atoms with Gasteiger partial charge in [0.15, 0.2) is 5.60 Å². The van der Waals surface area contributed by atoms with Gasteiger partial charge in [-0.15, -0.1) is 0 Å². The van der Waals surface area contributed by atoms with E-state index in [2.05, 4.69) is 11.8 Å². The summed E-state index contributed by atoms with van der Waals surface area (Å²) in [7, 11) is 0. The molecule has 0 saturated carbocycles. The second-order valence-electron chi connectivity index (χ2n) is 3.56. The van der Waals surface area contributed by atoms with E-state index in [0.717, 1.165) is 5.56 Å². The summed E-state index contributed by atoms with van der Waals surface area (Å²) in [4.78, 5) is 10.7. The van der Waals surface area contributed by atoms with Crippen molar-refractivity contribution >= 4 is 28.6 Å². The number of ether oxygens (including phenoxy) is 1. The first-order valence-electron chi connectivity index (χ1n) is 5.06. The van der Waals surface area contributed by atoms with Crippen LogP contribution >= 0.6 is 22.6 Å². The topological polar surface area (TPSA) is 46.5 Å². The van der Waals surface area contributed by atoms with Gasteiger partial charge in [-0.1, -0.05) is 52.6 Å². The highest BCUT2D eigenvalue weighted by Crippen LogP contribution is 2.09. The molecule has 0 saturated heterocycles. The van der Waals surface area contributed by atoms with Gasteiger partial charge in [-0.05, 0) is 12.1 Å². The van der Waals surface area contributed by atoms with Crippen molar-refractivity contribution < 1.29 is 14.6 Å². The zero-order chi connectivity index (χ0) is 12.7. The van der Waals surface area contributed by atoms with E-state index >= 15 is 0 Å². The lowest BCUT2D eigenvalue weighted by atomic mass is 10.1. The summed E-state index contributed by atoms with van der Waals surface area (Å²) in [6.45, 7) is 1.20.